The average Bonchev–Trinajstić information content (AvgIpc) is 2.29. The molecular formula is C15H22FNO2. The van der Waals surface area contributed by atoms with Gasteiger partial charge in [0, 0.05) is 11.6 Å². The molecule has 1 atom stereocenters. The largest absolute Gasteiger partial charge is 0.481 e. The summed E-state index contributed by atoms with van der Waals surface area (Å²) in [6.07, 6.45) is 0.0635. The van der Waals surface area contributed by atoms with Gasteiger partial charge in [-0.25, -0.2) is 4.39 Å². The molecule has 0 amide bonds. The molecule has 0 aromatic heterocycles. The predicted molar refractivity (Wildman–Crippen MR) is 73.6 cm³/mol. The highest BCUT2D eigenvalue weighted by atomic mass is 19.1. The Morgan fingerprint density at radius 1 is 1.47 bits per heavy atom. The van der Waals surface area contributed by atoms with Gasteiger partial charge in [-0.1, -0.05) is 12.1 Å². The Labute approximate surface area is 114 Å². The average molecular weight is 267 g/mol. The molecule has 1 N–H and O–H groups in total. The lowest BCUT2D eigenvalue weighted by atomic mass is 9.94. The van der Waals surface area contributed by atoms with Gasteiger partial charge >= 0.3 is 5.97 Å². The van der Waals surface area contributed by atoms with E-state index in [1.165, 1.54) is 6.07 Å². The van der Waals surface area contributed by atoms with Crippen LogP contribution in [0.5, 0.6) is 0 Å². The molecule has 0 fully saturated rings. The second kappa shape index (κ2) is 5.70. The second-order valence-electron chi connectivity index (χ2n) is 5.68. The number of carbonyl (C=O) groups is 1. The summed E-state index contributed by atoms with van der Waals surface area (Å²) in [6.45, 7) is 7.52. The van der Waals surface area contributed by atoms with E-state index >= 15 is 0 Å². The maximum atomic E-state index is 13.3. The van der Waals surface area contributed by atoms with Gasteiger partial charge < -0.3 is 5.11 Å². The smallest absolute Gasteiger partial charge is 0.305 e. The van der Waals surface area contributed by atoms with Crippen molar-refractivity contribution >= 4 is 5.97 Å². The first kappa shape index (κ1) is 15.6. The molecule has 0 saturated carbocycles. The van der Waals surface area contributed by atoms with Crippen molar-refractivity contribution in [3.63, 3.8) is 0 Å². The van der Waals surface area contributed by atoms with Crippen molar-refractivity contribution in [1.29, 1.82) is 0 Å². The summed E-state index contributed by atoms with van der Waals surface area (Å²) in [4.78, 5) is 12.9. The number of carboxylic acids is 1. The van der Waals surface area contributed by atoms with Crippen LogP contribution in [0.25, 0.3) is 0 Å². The molecule has 106 valence electrons. The molecular weight excluding hydrogens is 245 g/mol. The van der Waals surface area contributed by atoms with Gasteiger partial charge in [0.15, 0.2) is 0 Å². The lowest BCUT2D eigenvalue weighted by Gasteiger charge is -2.39. The highest BCUT2D eigenvalue weighted by Gasteiger charge is 2.30. The molecule has 3 nitrogen and oxygen atoms in total. The van der Waals surface area contributed by atoms with Crippen molar-refractivity contribution in [2.45, 2.75) is 45.7 Å². The zero-order valence-corrected chi connectivity index (χ0v) is 12.2. The summed E-state index contributed by atoms with van der Waals surface area (Å²) >= 11 is 0. The fourth-order valence-corrected chi connectivity index (χ4v) is 2.17. The molecule has 0 aliphatic heterocycles. The molecule has 4 heteroatoms. The van der Waals surface area contributed by atoms with Gasteiger partial charge in [0.05, 0.1) is 6.42 Å². The summed E-state index contributed by atoms with van der Waals surface area (Å²) in [6, 6.07) is 5.04. The van der Waals surface area contributed by atoms with Crippen molar-refractivity contribution < 1.29 is 14.3 Å². The number of hydrogen-bond donors (Lipinski definition) is 1. The van der Waals surface area contributed by atoms with E-state index < -0.39 is 11.5 Å². The standard InChI is InChI=1S/C15H22FNO2/c1-10-8-12(6-7-13(10)16)11(2)17(5)15(3,4)9-14(18)19/h6-8,11H,9H2,1-5H3,(H,18,19). The van der Waals surface area contributed by atoms with E-state index in [0.717, 1.165) is 5.56 Å². The van der Waals surface area contributed by atoms with Crippen LogP contribution in [-0.2, 0) is 4.79 Å². The molecule has 0 aliphatic carbocycles. The number of aryl methyl sites for hydroxylation is 1. The van der Waals surface area contributed by atoms with Crippen LogP contribution in [0.1, 0.15) is 44.4 Å². The van der Waals surface area contributed by atoms with Crippen LogP contribution in [-0.4, -0.2) is 28.6 Å². The zero-order chi connectivity index (χ0) is 14.8. The molecule has 0 spiro atoms. The highest BCUT2D eigenvalue weighted by molar-refractivity contribution is 5.68. The van der Waals surface area contributed by atoms with Crippen molar-refractivity contribution in [3.8, 4) is 0 Å². The van der Waals surface area contributed by atoms with E-state index in [-0.39, 0.29) is 18.3 Å². The highest BCUT2D eigenvalue weighted by Crippen LogP contribution is 2.29. The van der Waals surface area contributed by atoms with Gasteiger partial charge in [-0.15, -0.1) is 0 Å². The number of aliphatic carboxylic acids is 1. The van der Waals surface area contributed by atoms with E-state index in [0.29, 0.717) is 5.56 Å². The maximum absolute atomic E-state index is 13.3. The van der Waals surface area contributed by atoms with Crippen molar-refractivity contribution in [3.05, 3.63) is 35.1 Å². The van der Waals surface area contributed by atoms with Crippen LogP contribution < -0.4 is 0 Å². The van der Waals surface area contributed by atoms with Gasteiger partial charge in [0.25, 0.3) is 0 Å². The van der Waals surface area contributed by atoms with Crippen molar-refractivity contribution in [2.24, 2.45) is 0 Å². The Morgan fingerprint density at radius 2 is 2.05 bits per heavy atom. The Balaban J connectivity index is 2.95. The summed E-state index contributed by atoms with van der Waals surface area (Å²) < 4.78 is 13.3. The first-order chi connectivity index (χ1) is 8.65. The number of rotatable bonds is 5. The number of nitrogens with zero attached hydrogens (tertiary/aromatic N) is 1. The third kappa shape index (κ3) is 3.77. The topological polar surface area (TPSA) is 40.5 Å². The molecule has 1 unspecified atom stereocenters. The quantitative estimate of drug-likeness (QED) is 0.889. The minimum absolute atomic E-state index is 0.0219. The lowest BCUT2D eigenvalue weighted by molar-refractivity contribution is -0.140. The Bertz CT molecular complexity index is 471. The molecule has 0 aliphatic rings. The van der Waals surface area contributed by atoms with Gasteiger partial charge in [-0.2, -0.15) is 0 Å². The third-order valence-corrected chi connectivity index (χ3v) is 3.78. The van der Waals surface area contributed by atoms with Crippen LogP contribution in [0.3, 0.4) is 0 Å². The number of halogens is 1. The fourth-order valence-electron chi connectivity index (χ4n) is 2.17. The molecule has 1 aromatic carbocycles. The van der Waals surface area contributed by atoms with Crippen LogP contribution in [0.2, 0.25) is 0 Å². The normalized spacial score (nSPS) is 13.6. The second-order valence-corrected chi connectivity index (χ2v) is 5.68. The van der Waals surface area contributed by atoms with Gasteiger partial charge in [-0.05, 0) is 51.9 Å². The summed E-state index contributed by atoms with van der Waals surface area (Å²) in [5, 5.41) is 8.95. The Morgan fingerprint density at radius 3 is 2.53 bits per heavy atom. The van der Waals surface area contributed by atoms with Crippen LogP contribution >= 0.6 is 0 Å². The van der Waals surface area contributed by atoms with Crippen molar-refractivity contribution in [1.82, 2.24) is 4.90 Å². The third-order valence-electron chi connectivity index (χ3n) is 3.78. The lowest BCUT2D eigenvalue weighted by Crippen LogP contribution is -2.44. The maximum Gasteiger partial charge on any atom is 0.305 e. The van der Waals surface area contributed by atoms with Crippen LogP contribution in [0, 0.1) is 12.7 Å². The van der Waals surface area contributed by atoms with Gasteiger partial charge in [-0.3, -0.25) is 9.69 Å². The molecule has 1 aromatic rings. The SMILES string of the molecule is Cc1cc(C(C)N(C)C(C)(C)CC(=O)O)ccc1F. The minimum Gasteiger partial charge on any atom is -0.481 e. The first-order valence-corrected chi connectivity index (χ1v) is 6.36. The van der Waals surface area contributed by atoms with Crippen LogP contribution in [0.15, 0.2) is 18.2 Å². The fraction of sp³-hybridized carbons (Fsp3) is 0.533. The minimum atomic E-state index is -0.820. The Kier molecular flexibility index (Phi) is 4.69. The first-order valence-electron chi connectivity index (χ1n) is 6.36. The van der Waals surface area contributed by atoms with E-state index in [4.69, 9.17) is 5.11 Å². The molecule has 19 heavy (non-hydrogen) atoms. The monoisotopic (exact) mass is 267 g/mol. The van der Waals surface area contributed by atoms with E-state index in [9.17, 15) is 9.18 Å². The Hall–Kier alpha value is -1.42. The van der Waals surface area contributed by atoms with Crippen LogP contribution in [0.4, 0.5) is 4.39 Å². The summed E-state index contributed by atoms with van der Waals surface area (Å²) in [7, 11) is 1.90. The number of hydrogen-bond acceptors (Lipinski definition) is 2. The van der Waals surface area contributed by atoms with E-state index in [2.05, 4.69) is 0 Å². The van der Waals surface area contributed by atoms with E-state index in [1.807, 2.05) is 38.8 Å². The zero-order valence-electron chi connectivity index (χ0n) is 12.2. The van der Waals surface area contributed by atoms with Gasteiger partial charge in [0.1, 0.15) is 5.82 Å². The molecule has 0 heterocycles. The number of carboxylic acid groups (broad SMARTS) is 1. The summed E-state index contributed by atoms with van der Waals surface area (Å²) in [5.74, 6) is -1.04. The molecule has 1 rings (SSSR count). The molecule has 0 saturated heterocycles. The molecule has 0 radical (unpaired) electrons. The molecule has 0 bridgehead atoms. The van der Waals surface area contributed by atoms with Crippen molar-refractivity contribution in [2.75, 3.05) is 7.05 Å². The van der Waals surface area contributed by atoms with E-state index in [1.54, 1.807) is 13.0 Å². The predicted octanol–water partition coefficient (Wildman–Crippen LogP) is 3.38. The number of benzene rings is 1. The summed E-state index contributed by atoms with van der Waals surface area (Å²) in [5.41, 5.74) is 1.13. The van der Waals surface area contributed by atoms with Gasteiger partial charge in [0.2, 0.25) is 0 Å².